The van der Waals surface area contributed by atoms with Crippen LogP contribution in [-0.2, 0) is 11.2 Å². The Bertz CT molecular complexity index is 587. The monoisotopic (exact) mass is 388 g/mol. The van der Waals surface area contributed by atoms with Crippen LogP contribution in [0.3, 0.4) is 0 Å². The van der Waals surface area contributed by atoms with E-state index >= 15 is 0 Å². The number of hydrogen-bond acceptors (Lipinski definition) is 2. The van der Waals surface area contributed by atoms with E-state index in [1.54, 1.807) is 0 Å². The van der Waals surface area contributed by atoms with Gasteiger partial charge >= 0.3 is 0 Å². The molecule has 0 saturated heterocycles. The third-order valence-electron chi connectivity index (χ3n) is 5.39. The molecule has 0 unspecified atom stereocenters. The van der Waals surface area contributed by atoms with Gasteiger partial charge in [0.2, 0.25) is 5.91 Å². The van der Waals surface area contributed by atoms with Crippen molar-refractivity contribution >= 4 is 28.9 Å². The molecule has 2 rings (SSSR count). The first kappa shape index (κ1) is 21.9. The van der Waals surface area contributed by atoms with Crippen molar-refractivity contribution in [3.05, 3.63) is 29.8 Å². The summed E-state index contributed by atoms with van der Waals surface area (Å²) in [4.78, 5) is 14.2. The van der Waals surface area contributed by atoms with E-state index in [0.717, 1.165) is 31.5 Å². The third kappa shape index (κ3) is 8.00. The zero-order chi connectivity index (χ0) is 19.3. The Morgan fingerprint density at radius 3 is 2.22 bits per heavy atom. The summed E-state index contributed by atoms with van der Waals surface area (Å²) in [5, 5.41) is 3.47. The number of anilines is 1. The third-order valence-corrected chi connectivity index (χ3v) is 5.71. The number of carbonyl (C=O) groups is 1. The molecule has 1 aromatic rings. The van der Waals surface area contributed by atoms with Gasteiger partial charge < -0.3 is 10.2 Å². The second-order valence-corrected chi connectivity index (χ2v) is 8.06. The summed E-state index contributed by atoms with van der Waals surface area (Å²) in [7, 11) is 0. The number of nitrogens with one attached hydrogen (secondary N) is 1. The highest BCUT2D eigenvalue weighted by Gasteiger charge is 2.22. The number of rotatable bonds is 12. The molecular weight excluding hydrogens is 352 g/mol. The average Bonchev–Trinajstić information content (AvgIpc) is 3.10. The van der Waals surface area contributed by atoms with Gasteiger partial charge in [0, 0.05) is 18.7 Å². The topological polar surface area (TPSA) is 32.3 Å². The van der Waals surface area contributed by atoms with Crippen molar-refractivity contribution in [3.63, 3.8) is 0 Å². The summed E-state index contributed by atoms with van der Waals surface area (Å²) in [6.07, 6.45) is 15.8. The molecule has 27 heavy (non-hydrogen) atoms. The van der Waals surface area contributed by atoms with E-state index in [9.17, 15) is 4.79 Å². The molecule has 0 radical (unpaired) electrons. The van der Waals surface area contributed by atoms with Crippen LogP contribution in [0.4, 0.5) is 5.69 Å². The molecule has 150 valence electrons. The Morgan fingerprint density at radius 2 is 1.56 bits per heavy atom. The molecule has 3 nitrogen and oxygen atoms in total. The Balaban J connectivity index is 1.49. The summed E-state index contributed by atoms with van der Waals surface area (Å²) >= 11 is 5.45. The van der Waals surface area contributed by atoms with Crippen LogP contribution in [0.25, 0.3) is 0 Å². The molecule has 0 saturated carbocycles. The minimum absolute atomic E-state index is 0.0558. The molecule has 1 aliphatic rings. The average molecular weight is 389 g/mol. The van der Waals surface area contributed by atoms with Crippen molar-refractivity contribution in [1.29, 1.82) is 0 Å². The summed E-state index contributed by atoms with van der Waals surface area (Å²) in [5.74, 6) is 0.0558. The smallest absolute Gasteiger partial charge is 0.226 e. The Morgan fingerprint density at radius 1 is 0.963 bits per heavy atom. The van der Waals surface area contributed by atoms with Gasteiger partial charge in [-0.15, -0.1) is 0 Å². The molecule has 1 aliphatic heterocycles. The van der Waals surface area contributed by atoms with Crippen LogP contribution >= 0.6 is 12.2 Å². The highest BCUT2D eigenvalue weighted by Crippen LogP contribution is 2.27. The molecule has 0 fully saturated rings. The van der Waals surface area contributed by atoms with Crippen LogP contribution in [0.2, 0.25) is 0 Å². The molecule has 0 atom stereocenters. The van der Waals surface area contributed by atoms with Gasteiger partial charge in [-0.05, 0) is 36.7 Å². The first-order valence-electron chi connectivity index (χ1n) is 10.9. The van der Waals surface area contributed by atoms with Crippen molar-refractivity contribution in [2.45, 2.75) is 90.4 Å². The van der Waals surface area contributed by atoms with Crippen LogP contribution in [-0.4, -0.2) is 17.6 Å². The second kappa shape index (κ2) is 12.9. The number of amides is 1. The van der Waals surface area contributed by atoms with E-state index in [1.807, 2.05) is 11.0 Å². The summed E-state index contributed by atoms with van der Waals surface area (Å²) in [5.41, 5.74) is 2.44. The van der Waals surface area contributed by atoms with Crippen LogP contribution in [0, 0.1) is 0 Å². The fourth-order valence-corrected chi connectivity index (χ4v) is 4.05. The maximum Gasteiger partial charge on any atom is 0.226 e. The Labute approximate surface area is 170 Å². The predicted octanol–water partition coefficient (Wildman–Crippen LogP) is 6.15. The van der Waals surface area contributed by atoms with Gasteiger partial charge in [0.15, 0.2) is 5.11 Å². The van der Waals surface area contributed by atoms with Crippen LogP contribution in [0.15, 0.2) is 24.3 Å². The van der Waals surface area contributed by atoms with E-state index in [-0.39, 0.29) is 5.91 Å². The first-order chi connectivity index (χ1) is 13.2. The van der Waals surface area contributed by atoms with Gasteiger partial charge in [0.1, 0.15) is 0 Å². The minimum Gasteiger partial charge on any atom is -0.318 e. The number of para-hydroxylation sites is 1. The number of unbranched alkanes of at least 4 members (excludes halogenated alkanes) is 10. The fraction of sp³-hybridized carbons (Fsp3) is 0.652. The number of nitrogens with zero attached hydrogens (tertiary/aromatic N) is 1. The normalized spacial score (nSPS) is 12.9. The number of benzene rings is 1. The minimum atomic E-state index is 0.0558. The summed E-state index contributed by atoms with van der Waals surface area (Å²) in [6, 6.07) is 8.28. The predicted molar refractivity (Wildman–Crippen MR) is 119 cm³/mol. The Hall–Kier alpha value is -1.42. The maximum absolute atomic E-state index is 12.2. The highest BCUT2D eigenvalue weighted by atomic mass is 32.1. The lowest BCUT2D eigenvalue weighted by molar-refractivity contribution is -0.119. The summed E-state index contributed by atoms with van der Waals surface area (Å²) in [6.45, 7) is 3.12. The van der Waals surface area contributed by atoms with Gasteiger partial charge in [0.05, 0.1) is 0 Å². The van der Waals surface area contributed by atoms with E-state index in [4.69, 9.17) is 12.2 Å². The molecule has 4 heteroatoms. The molecule has 1 amide bonds. The number of thiocarbonyl (C=S) groups is 1. The number of carbonyl (C=O) groups excluding carboxylic acids is 1. The molecule has 0 aromatic heterocycles. The highest BCUT2D eigenvalue weighted by molar-refractivity contribution is 7.80. The second-order valence-electron chi connectivity index (χ2n) is 7.67. The van der Waals surface area contributed by atoms with Crippen LogP contribution < -0.4 is 10.2 Å². The van der Waals surface area contributed by atoms with Crippen molar-refractivity contribution in [2.75, 3.05) is 11.4 Å². The van der Waals surface area contributed by atoms with Crippen molar-refractivity contribution < 1.29 is 4.79 Å². The van der Waals surface area contributed by atoms with Crippen LogP contribution in [0.5, 0.6) is 0 Å². The largest absolute Gasteiger partial charge is 0.318 e. The summed E-state index contributed by atoms with van der Waals surface area (Å²) < 4.78 is 0. The lowest BCUT2D eigenvalue weighted by Crippen LogP contribution is -2.41. The standard InChI is InChI=1S/C23H36N2OS/c1-2-3-4-5-6-7-8-9-10-11-12-17-22(26)24-23(27)25-19-18-20-15-13-14-16-21(20)25/h13-16H,2-12,17-19H2,1H3,(H,24,26,27). The van der Waals surface area contributed by atoms with E-state index < -0.39 is 0 Å². The molecule has 0 spiro atoms. The van der Waals surface area contributed by atoms with Gasteiger partial charge in [-0.2, -0.15) is 0 Å². The zero-order valence-corrected chi connectivity index (χ0v) is 17.8. The lowest BCUT2D eigenvalue weighted by Gasteiger charge is -2.20. The van der Waals surface area contributed by atoms with Crippen LogP contribution in [0.1, 0.15) is 89.5 Å². The van der Waals surface area contributed by atoms with Gasteiger partial charge in [0.25, 0.3) is 0 Å². The van der Waals surface area contributed by atoms with E-state index in [0.29, 0.717) is 11.5 Å². The Kier molecular flexibility index (Phi) is 10.4. The van der Waals surface area contributed by atoms with E-state index in [2.05, 4.69) is 30.4 Å². The molecule has 1 N–H and O–H groups in total. The number of hydrogen-bond donors (Lipinski definition) is 1. The van der Waals surface area contributed by atoms with Crippen molar-refractivity contribution in [1.82, 2.24) is 5.32 Å². The van der Waals surface area contributed by atoms with Gasteiger partial charge in [-0.1, -0.05) is 89.3 Å². The number of fused-ring (bicyclic) bond motifs is 1. The maximum atomic E-state index is 12.2. The van der Waals surface area contributed by atoms with Crippen molar-refractivity contribution in [3.8, 4) is 0 Å². The molecule has 1 aromatic carbocycles. The zero-order valence-electron chi connectivity index (χ0n) is 17.0. The van der Waals surface area contributed by atoms with E-state index in [1.165, 1.54) is 63.4 Å². The lowest BCUT2D eigenvalue weighted by atomic mass is 10.1. The first-order valence-corrected chi connectivity index (χ1v) is 11.3. The SMILES string of the molecule is CCCCCCCCCCCCCC(=O)NC(=S)N1CCc2ccccc21. The van der Waals surface area contributed by atoms with Gasteiger partial charge in [-0.25, -0.2) is 0 Å². The quantitative estimate of drug-likeness (QED) is 0.344. The molecule has 0 aliphatic carbocycles. The molecular formula is C23H36N2OS. The van der Waals surface area contributed by atoms with Gasteiger partial charge in [-0.3, -0.25) is 4.79 Å². The fourth-order valence-electron chi connectivity index (χ4n) is 3.75. The molecule has 0 bridgehead atoms. The molecule has 1 heterocycles. The van der Waals surface area contributed by atoms with Crippen molar-refractivity contribution in [2.24, 2.45) is 0 Å².